The molecule has 0 aromatic heterocycles. The van der Waals surface area contributed by atoms with E-state index in [1.54, 1.807) is 0 Å². The van der Waals surface area contributed by atoms with Crippen molar-refractivity contribution in [3.8, 4) is 5.75 Å². The summed E-state index contributed by atoms with van der Waals surface area (Å²) >= 11 is 0. The Kier molecular flexibility index (Phi) is 3.17. The highest BCUT2D eigenvalue weighted by molar-refractivity contribution is 5.82. The van der Waals surface area contributed by atoms with Gasteiger partial charge in [0.05, 0.1) is 0 Å². The number of benzene rings is 1. The van der Waals surface area contributed by atoms with Crippen LogP contribution >= 0.6 is 0 Å². The number of allylic oxidation sites excluding steroid dienone is 1. The minimum Gasteiger partial charge on any atom is -0.490 e. The first-order valence-corrected chi connectivity index (χ1v) is 7.68. The molecule has 2 atom stereocenters. The summed E-state index contributed by atoms with van der Waals surface area (Å²) in [5, 5.41) is 10.6. The predicted molar refractivity (Wildman–Crippen MR) is 82.0 cm³/mol. The maximum atomic E-state index is 10.6. The van der Waals surface area contributed by atoms with Gasteiger partial charge in [-0.25, -0.2) is 0 Å². The lowest BCUT2D eigenvalue weighted by Crippen LogP contribution is -2.40. The van der Waals surface area contributed by atoms with Crippen molar-refractivity contribution in [2.24, 2.45) is 0 Å². The molecule has 20 heavy (non-hydrogen) atoms. The van der Waals surface area contributed by atoms with E-state index in [0.29, 0.717) is 6.61 Å². The molecule has 1 aromatic carbocycles. The minimum atomic E-state index is -0.866. The number of hydrogen-bond acceptors (Lipinski definition) is 2. The molecule has 0 fully saturated rings. The fourth-order valence-corrected chi connectivity index (χ4v) is 3.56. The molecule has 2 heteroatoms. The molecule has 0 saturated heterocycles. The van der Waals surface area contributed by atoms with Gasteiger partial charge in [0, 0.05) is 5.56 Å². The van der Waals surface area contributed by atoms with Crippen LogP contribution in [-0.2, 0) is 5.41 Å². The average molecular weight is 272 g/mol. The maximum Gasteiger partial charge on any atom is 0.127 e. The zero-order valence-electron chi connectivity index (χ0n) is 12.7. The lowest BCUT2D eigenvalue weighted by molar-refractivity contribution is 0.0540. The fraction of sp³-hybridized carbons (Fsp3) is 0.556. The second kappa shape index (κ2) is 4.63. The van der Waals surface area contributed by atoms with E-state index < -0.39 is 5.60 Å². The molecule has 1 heterocycles. The molecule has 2 unspecified atom stereocenters. The van der Waals surface area contributed by atoms with E-state index >= 15 is 0 Å². The van der Waals surface area contributed by atoms with Crippen molar-refractivity contribution >= 4 is 5.57 Å². The second-order valence-corrected chi connectivity index (χ2v) is 6.73. The van der Waals surface area contributed by atoms with Gasteiger partial charge in [0.2, 0.25) is 0 Å². The third kappa shape index (κ3) is 1.98. The molecule has 1 N–H and O–H groups in total. The highest BCUT2D eigenvalue weighted by atomic mass is 16.5. The molecular formula is C18H24O2. The Morgan fingerprint density at radius 2 is 2.10 bits per heavy atom. The number of unbranched alkanes of at least 4 members (excludes halogenated alkanes) is 1. The Balaban J connectivity index is 2.12. The molecule has 0 radical (unpaired) electrons. The Hall–Kier alpha value is -1.28. The quantitative estimate of drug-likeness (QED) is 0.899. The van der Waals surface area contributed by atoms with Gasteiger partial charge in [-0.1, -0.05) is 44.9 Å². The third-order valence-corrected chi connectivity index (χ3v) is 4.87. The molecule has 0 bridgehead atoms. The number of hydrogen-bond donors (Lipinski definition) is 1. The molecule has 0 amide bonds. The standard InChI is InChI=1S/C18H24O2/c1-4-5-10-17(2)11-9-14-16-13(17)7-6-8-15(16)20-12-18(14,3)19/h6-9,19H,4-5,10-12H2,1-3H3. The molecule has 1 aromatic rings. The first-order chi connectivity index (χ1) is 9.48. The van der Waals surface area contributed by atoms with Gasteiger partial charge in [-0.3, -0.25) is 0 Å². The molecule has 0 saturated carbocycles. The van der Waals surface area contributed by atoms with Gasteiger partial charge in [-0.2, -0.15) is 0 Å². The Labute approximate surface area is 121 Å². The summed E-state index contributed by atoms with van der Waals surface area (Å²) < 4.78 is 5.79. The summed E-state index contributed by atoms with van der Waals surface area (Å²) in [6.45, 7) is 6.78. The summed E-state index contributed by atoms with van der Waals surface area (Å²) in [4.78, 5) is 0. The summed E-state index contributed by atoms with van der Waals surface area (Å²) in [6.07, 6.45) is 6.89. The van der Waals surface area contributed by atoms with Crippen LogP contribution in [0.3, 0.4) is 0 Å². The van der Waals surface area contributed by atoms with Gasteiger partial charge in [-0.05, 0) is 42.4 Å². The van der Waals surface area contributed by atoms with Crippen molar-refractivity contribution in [3.05, 3.63) is 35.4 Å². The zero-order chi connectivity index (χ0) is 14.4. The Bertz CT molecular complexity index is 557. The van der Waals surface area contributed by atoms with Crippen molar-refractivity contribution in [2.45, 2.75) is 57.5 Å². The van der Waals surface area contributed by atoms with Gasteiger partial charge < -0.3 is 9.84 Å². The van der Waals surface area contributed by atoms with Gasteiger partial charge >= 0.3 is 0 Å². The van der Waals surface area contributed by atoms with Gasteiger partial charge in [-0.15, -0.1) is 0 Å². The van der Waals surface area contributed by atoms with E-state index in [2.05, 4.69) is 32.1 Å². The van der Waals surface area contributed by atoms with Crippen LogP contribution in [-0.4, -0.2) is 17.3 Å². The van der Waals surface area contributed by atoms with Crippen molar-refractivity contribution in [3.63, 3.8) is 0 Å². The van der Waals surface area contributed by atoms with Crippen LogP contribution in [0.15, 0.2) is 24.3 Å². The van der Waals surface area contributed by atoms with Crippen LogP contribution < -0.4 is 4.74 Å². The molecule has 3 rings (SSSR count). The molecule has 1 aliphatic carbocycles. The number of aliphatic hydroxyl groups is 1. The topological polar surface area (TPSA) is 29.5 Å². The molecule has 1 aliphatic heterocycles. The smallest absolute Gasteiger partial charge is 0.127 e. The van der Waals surface area contributed by atoms with E-state index in [-0.39, 0.29) is 5.41 Å². The third-order valence-electron chi connectivity index (χ3n) is 4.87. The first-order valence-electron chi connectivity index (χ1n) is 7.68. The predicted octanol–water partition coefficient (Wildman–Crippen LogP) is 4.07. The highest BCUT2D eigenvalue weighted by Gasteiger charge is 2.42. The van der Waals surface area contributed by atoms with Crippen molar-refractivity contribution < 1.29 is 9.84 Å². The summed E-state index contributed by atoms with van der Waals surface area (Å²) in [5.74, 6) is 0.933. The van der Waals surface area contributed by atoms with Gasteiger partial charge in [0.1, 0.15) is 18.0 Å². The largest absolute Gasteiger partial charge is 0.490 e. The lowest BCUT2D eigenvalue weighted by Gasteiger charge is -2.42. The SMILES string of the molecule is CCCCC1(C)CC=C2c3c(cccc31)OCC2(C)O. The van der Waals surface area contributed by atoms with Crippen molar-refractivity contribution in [1.82, 2.24) is 0 Å². The molecule has 2 nitrogen and oxygen atoms in total. The normalized spacial score (nSPS) is 31.3. The molecule has 0 spiro atoms. The van der Waals surface area contributed by atoms with E-state index in [1.165, 1.54) is 24.8 Å². The summed E-state index contributed by atoms with van der Waals surface area (Å²) in [7, 11) is 0. The van der Waals surface area contributed by atoms with Crippen LogP contribution in [0.2, 0.25) is 0 Å². The molecule has 108 valence electrons. The number of rotatable bonds is 3. The van der Waals surface area contributed by atoms with Crippen LogP contribution in [0.4, 0.5) is 0 Å². The van der Waals surface area contributed by atoms with Gasteiger partial charge in [0.25, 0.3) is 0 Å². The van der Waals surface area contributed by atoms with Crippen LogP contribution in [0.5, 0.6) is 5.75 Å². The van der Waals surface area contributed by atoms with E-state index in [1.807, 2.05) is 13.0 Å². The highest BCUT2D eigenvalue weighted by Crippen LogP contribution is 2.50. The summed E-state index contributed by atoms with van der Waals surface area (Å²) in [6, 6.07) is 6.32. The fourth-order valence-electron chi connectivity index (χ4n) is 3.56. The van der Waals surface area contributed by atoms with E-state index in [9.17, 15) is 5.11 Å². The Morgan fingerprint density at radius 3 is 2.85 bits per heavy atom. The minimum absolute atomic E-state index is 0.168. The first kappa shape index (κ1) is 13.7. The number of ether oxygens (including phenoxy) is 1. The monoisotopic (exact) mass is 272 g/mol. The Morgan fingerprint density at radius 1 is 1.30 bits per heavy atom. The van der Waals surface area contributed by atoms with Crippen LogP contribution in [0.1, 0.15) is 57.6 Å². The van der Waals surface area contributed by atoms with Crippen molar-refractivity contribution in [2.75, 3.05) is 6.61 Å². The van der Waals surface area contributed by atoms with E-state index in [4.69, 9.17) is 4.74 Å². The summed E-state index contributed by atoms with van der Waals surface area (Å²) in [5.41, 5.74) is 2.86. The second-order valence-electron chi connectivity index (χ2n) is 6.73. The molecule has 2 aliphatic rings. The van der Waals surface area contributed by atoms with E-state index in [0.717, 1.165) is 23.3 Å². The van der Waals surface area contributed by atoms with Gasteiger partial charge in [0.15, 0.2) is 0 Å². The average Bonchev–Trinajstić information content (AvgIpc) is 2.43. The van der Waals surface area contributed by atoms with Crippen LogP contribution in [0.25, 0.3) is 5.57 Å². The molecular weight excluding hydrogens is 248 g/mol. The maximum absolute atomic E-state index is 10.6. The zero-order valence-corrected chi connectivity index (χ0v) is 12.7. The van der Waals surface area contributed by atoms with Crippen molar-refractivity contribution in [1.29, 1.82) is 0 Å². The lowest BCUT2D eigenvalue weighted by atomic mass is 9.66. The van der Waals surface area contributed by atoms with Crippen LogP contribution in [0, 0.1) is 0 Å².